The van der Waals surface area contributed by atoms with Gasteiger partial charge >= 0.3 is 0 Å². The molecule has 0 aliphatic carbocycles. The van der Waals surface area contributed by atoms with Crippen LogP contribution in [0, 0.1) is 5.92 Å². The maximum atomic E-state index is 12.9. The molecule has 138 valence electrons. The first kappa shape index (κ1) is 17.3. The molecule has 0 spiro atoms. The maximum Gasteiger partial charge on any atom is 0.270 e. The molecule has 5 heteroatoms. The number of para-hydroxylation sites is 1. The number of carbonyl (C=O) groups is 2. The average molecular weight is 361 g/mol. The number of carbonyl (C=O) groups excluding carboxylic acids is 2. The van der Waals surface area contributed by atoms with Gasteiger partial charge in [0.15, 0.2) is 0 Å². The lowest BCUT2D eigenvalue weighted by atomic mass is 9.96. The van der Waals surface area contributed by atoms with Crippen molar-refractivity contribution in [3.05, 3.63) is 71.9 Å². The van der Waals surface area contributed by atoms with Crippen molar-refractivity contribution in [2.24, 2.45) is 5.92 Å². The molecule has 4 rings (SSSR count). The molecule has 1 saturated heterocycles. The average Bonchev–Trinajstić information content (AvgIpc) is 3.16. The van der Waals surface area contributed by atoms with Gasteiger partial charge in [-0.2, -0.15) is 0 Å². The van der Waals surface area contributed by atoms with E-state index in [0.717, 1.165) is 29.3 Å². The Balaban J connectivity index is 1.39. The van der Waals surface area contributed by atoms with E-state index in [1.54, 1.807) is 4.90 Å². The highest BCUT2D eigenvalue weighted by atomic mass is 16.2. The van der Waals surface area contributed by atoms with Gasteiger partial charge in [-0.25, -0.2) is 0 Å². The molecular weight excluding hydrogens is 338 g/mol. The Morgan fingerprint density at radius 2 is 1.85 bits per heavy atom. The van der Waals surface area contributed by atoms with Crippen LogP contribution in [0.25, 0.3) is 10.9 Å². The standard InChI is InChI=1S/C22H23N3O2/c26-21(23-14-16-7-2-1-3-8-16)18-10-6-12-25(15-18)22(27)20-13-17-9-4-5-11-19(17)24-20/h1-5,7-9,11,13,18,24H,6,10,12,14-15H2,(H,23,26)/t18-/m1/s1. The van der Waals surface area contributed by atoms with Gasteiger partial charge in [0.2, 0.25) is 5.91 Å². The predicted molar refractivity (Wildman–Crippen MR) is 105 cm³/mol. The molecule has 0 saturated carbocycles. The number of hydrogen-bond donors (Lipinski definition) is 2. The molecule has 0 bridgehead atoms. The quantitative estimate of drug-likeness (QED) is 0.749. The number of piperidine rings is 1. The molecule has 5 nitrogen and oxygen atoms in total. The molecule has 2 aromatic carbocycles. The minimum Gasteiger partial charge on any atom is -0.352 e. The van der Waals surface area contributed by atoms with Crippen LogP contribution < -0.4 is 5.32 Å². The lowest BCUT2D eigenvalue weighted by molar-refractivity contribution is -0.126. The van der Waals surface area contributed by atoms with Crippen LogP contribution >= 0.6 is 0 Å². The second-order valence-corrected chi connectivity index (χ2v) is 7.06. The highest BCUT2D eigenvalue weighted by Gasteiger charge is 2.29. The van der Waals surface area contributed by atoms with Crippen molar-refractivity contribution in [3.8, 4) is 0 Å². The molecule has 2 heterocycles. The van der Waals surface area contributed by atoms with Gasteiger partial charge in [-0.05, 0) is 30.5 Å². The monoisotopic (exact) mass is 361 g/mol. The van der Waals surface area contributed by atoms with E-state index in [9.17, 15) is 9.59 Å². The lowest BCUT2D eigenvalue weighted by Crippen LogP contribution is -2.45. The first-order chi connectivity index (χ1) is 13.2. The number of aromatic nitrogens is 1. The molecule has 0 radical (unpaired) electrons. The number of aromatic amines is 1. The Morgan fingerprint density at radius 1 is 1.07 bits per heavy atom. The summed E-state index contributed by atoms with van der Waals surface area (Å²) in [5.41, 5.74) is 2.62. The molecule has 1 aliphatic heterocycles. The van der Waals surface area contributed by atoms with Crippen molar-refractivity contribution in [3.63, 3.8) is 0 Å². The number of hydrogen-bond acceptors (Lipinski definition) is 2. The van der Waals surface area contributed by atoms with Crippen LogP contribution in [0.4, 0.5) is 0 Å². The number of amides is 2. The number of likely N-dealkylation sites (tertiary alicyclic amines) is 1. The number of nitrogens with one attached hydrogen (secondary N) is 2. The Labute approximate surface area is 158 Å². The summed E-state index contributed by atoms with van der Waals surface area (Å²) in [6.45, 7) is 1.68. The van der Waals surface area contributed by atoms with Crippen LogP contribution in [0.1, 0.15) is 28.9 Å². The summed E-state index contributed by atoms with van der Waals surface area (Å²) < 4.78 is 0. The SMILES string of the molecule is O=C(NCc1ccccc1)[C@@H]1CCCN(C(=O)c2cc3ccccc3[nH]2)C1. The number of rotatable bonds is 4. The van der Waals surface area contributed by atoms with E-state index in [1.807, 2.05) is 60.7 Å². The largest absolute Gasteiger partial charge is 0.352 e. The summed E-state index contributed by atoms with van der Waals surface area (Å²) in [7, 11) is 0. The number of benzene rings is 2. The van der Waals surface area contributed by atoms with E-state index in [1.165, 1.54) is 0 Å². The van der Waals surface area contributed by atoms with Crippen molar-refractivity contribution in [1.29, 1.82) is 0 Å². The minimum absolute atomic E-state index is 0.0213. The van der Waals surface area contributed by atoms with Crippen LogP contribution in [0.15, 0.2) is 60.7 Å². The van der Waals surface area contributed by atoms with Crippen LogP contribution in [0.3, 0.4) is 0 Å². The van der Waals surface area contributed by atoms with Gasteiger partial charge in [0.1, 0.15) is 5.69 Å². The third-order valence-corrected chi connectivity index (χ3v) is 5.15. The Hall–Kier alpha value is -3.08. The fourth-order valence-electron chi connectivity index (χ4n) is 3.66. The molecule has 2 amide bonds. The van der Waals surface area contributed by atoms with Crippen molar-refractivity contribution in [2.45, 2.75) is 19.4 Å². The van der Waals surface area contributed by atoms with Gasteiger partial charge in [0.05, 0.1) is 5.92 Å². The van der Waals surface area contributed by atoms with Gasteiger partial charge in [0, 0.05) is 30.5 Å². The highest BCUT2D eigenvalue weighted by Crippen LogP contribution is 2.21. The van der Waals surface area contributed by atoms with Crippen LogP contribution in [0.5, 0.6) is 0 Å². The van der Waals surface area contributed by atoms with Crippen molar-refractivity contribution >= 4 is 22.7 Å². The number of nitrogens with zero attached hydrogens (tertiary/aromatic N) is 1. The zero-order chi connectivity index (χ0) is 18.6. The summed E-state index contributed by atoms with van der Waals surface area (Å²) in [4.78, 5) is 30.4. The summed E-state index contributed by atoms with van der Waals surface area (Å²) in [5.74, 6) is -0.171. The maximum absolute atomic E-state index is 12.9. The van der Waals surface area contributed by atoms with Crippen LogP contribution in [-0.2, 0) is 11.3 Å². The van der Waals surface area contributed by atoms with Gasteiger partial charge in [-0.1, -0.05) is 48.5 Å². The number of H-pyrrole nitrogens is 1. The van der Waals surface area contributed by atoms with E-state index in [2.05, 4.69) is 10.3 Å². The Bertz CT molecular complexity index is 915. The van der Waals surface area contributed by atoms with Gasteiger partial charge in [-0.15, -0.1) is 0 Å². The van der Waals surface area contributed by atoms with Crippen LogP contribution in [-0.4, -0.2) is 34.8 Å². The number of fused-ring (bicyclic) bond motifs is 1. The summed E-state index contributed by atoms with van der Waals surface area (Å²) in [6.07, 6.45) is 1.66. The third kappa shape index (κ3) is 3.87. The summed E-state index contributed by atoms with van der Waals surface area (Å²) in [5, 5.41) is 4.03. The first-order valence-corrected chi connectivity index (χ1v) is 9.39. The second-order valence-electron chi connectivity index (χ2n) is 7.06. The Morgan fingerprint density at radius 3 is 2.67 bits per heavy atom. The zero-order valence-corrected chi connectivity index (χ0v) is 15.2. The molecule has 1 fully saturated rings. The zero-order valence-electron chi connectivity index (χ0n) is 15.2. The van der Waals surface area contributed by atoms with E-state index in [-0.39, 0.29) is 17.7 Å². The van der Waals surface area contributed by atoms with Crippen molar-refractivity contribution in [2.75, 3.05) is 13.1 Å². The minimum atomic E-state index is -0.157. The normalized spacial score (nSPS) is 17.0. The van der Waals surface area contributed by atoms with Gasteiger partial charge in [0.25, 0.3) is 5.91 Å². The van der Waals surface area contributed by atoms with Crippen LogP contribution in [0.2, 0.25) is 0 Å². The molecular formula is C22H23N3O2. The van der Waals surface area contributed by atoms with Crippen molar-refractivity contribution < 1.29 is 9.59 Å². The van der Waals surface area contributed by atoms with E-state index in [4.69, 9.17) is 0 Å². The smallest absolute Gasteiger partial charge is 0.270 e. The second kappa shape index (κ2) is 7.66. The third-order valence-electron chi connectivity index (χ3n) is 5.15. The first-order valence-electron chi connectivity index (χ1n) is 9.39. The fraction of sp³-hybridized carbons (Fsp3) is 0.273. The molecule has 1 aromatic heterocycles. The molecule has 27 heavy (non-hydrogen) atoms. The highest BCUT2D eigenvalue weighted by molar-refractivity contribution is 5.98. The predicted octanol–water partition coefficient (Wildman–Crippen LogP) is 3.34. The topological polar surface area (TPSA) is 65.2 Å². The van der Waals surface area contributed by atoms with Crippen molar-refractivity contribution in [1.82, 2.24) is 15.2 Å². The summed E-state index contributed by atoms with van der Waals surface area (Å²) in [6, 6.07) is 19.6. The molecule has 0 unspecified atom stereocenters. The molecule has 1 atom stereocenters. The molecule has 1 aliphatic rings. The van der Waals surface area contributed by atoms with E-state index in [0.29, 0.717) is 25.3 Å². The van der Waals surface area contributed by atoms with Gasteiger partial charge in [-0.3, -0.25) is 9.59 Å². The molecule has 2 N–H and O–H groups in total. The lowest BCUT2D eigenvalue weighted by Gasteiger charge is -2.31. The van der Waals surface area contributed by atoms with E-state index < -0.39 is 0 Å². The summed E-state index contributed by atoms with van der Waals surface area (Å²) >= 11 is 0. The van der Waals surface area contributed by atoms with Gasteiger partial charge < -0.3 is 15.2 Å². The molecule has 3 aromatic rings. The van der Waals surface area contributed by atoms with E-state index >= 15 is 0 Å². The Kier molecular flexibility index (Phi) is 4.92. The fourth-order valence-corrected chi connectivity index (χ4v) is 3.66.